The van der Waals surface area contributed by atoms with Crippen LogP contribution in [0.5, 0.6) is 0 Å². The standard InChI is InChI=1S/C14H21FN4O/c1-18-7-3-4-11(18)9-19(2)13-6-5-10(15)8-12(13)14(16)17-20/h5-6,8,11,20H,3-4,7,9H2,1-2H3,(H2,16,17). The number of benzene rings is 1. The van der Waals surface area contributed by atoms with Crippen LogP contribution >= 0.6 is 0 Å². The van der Waals surface area contributed by atoms with Gasteiger partial charge in [0.15, 0.2) is 5.84 Å². The maximum absolute atomic E-state index is 13.4. The molecule has 1 aromatic rings. The number of likely N-dealkylation sites (N-methyl/N-ethyl adjacent to an activating group) is 2. The highest BCUT2D eigenvalue weighted by molar-refractivity contribution is 6.02. The first-order valence-corrected chi connectivity index (χ1v) is 6.71. The maximum Gasteiger partial charge on any atom is 0.172 e. The van der Waals surface area contributed by atoms with Gasteiger partial charge >= 0.3 is 0 Å². The Morgan fingerprint density at radius 2 is 2.35 bits per heavy atom. The quantitative estimate of drug-likeness (QED) is 0.379. The van der Waals surface area contributed by atoms with Gasteiger partial charge in [0.25, 0.3) is 0 Å². The van der Waals surface area contributed by atoms with E-state index in [1.54, 1.807) is 6.07 Å². The molecule has 0 radical (unpaired) electrons. The summed E-state index contributed by atoms with van der Waals surface area (Å²) in [6.45, 7) is 1.93. The minimum atomic E-state index is -0.401. The van der Waals surface area contributed by atoms with Crippen LogP contribution in [0.25, 0.3) is 0 Å². The molecule has 1 saturated heterocycles. The Morgan fingerprint density at radius 1 is 1.60 bits per heavy atom. The zero-order chi connectivity index (χ0) is 14.7. The fourth-order valence-corrected chi connectivity index (χ4v) is 2.72. The molecule has 1 unspecified atom stereocenters. The first-order chi connectivity index (χ1) is 9.52. The van der Waals surface area contributed by atoms with E-state index in [9.17, 15) is 4.39 Å². The predicted octanol–water partition coefficient (Wildman–Crippen LogP) is 1.45. The molecular formula is C14H21FN4O. The normalized spacial score (nSPS) is 20.4. The monoisotopic (exact) mass is 280 g/mol. The fraction of sp³-hybridized carbons (Fsp3) is 0.500. The molecule has 2 rings (SSSR count). The molecule has 0 saturated carbocycles. The highest BCUT2D eigenvalue weighted by atomic mass is 19.1. The van der Waals surface area contributed by atoms with Crippen molar-refractivity contribution in [2.24, 2.45) is 10.9 Å². The lowest BCUT2D eigenvalue weighted by atomic mass is 10.1. The van der Waals surface area contributed by atoms with Gasteiger partial charge in [-0.2, -0.15) is 0 Å². The second kappa shape index (κ2) is 6.09. The fourth-order valence-electron chi connectivity index (χ4n) is 2.72. The Bertz CT molecular complexity index is 506. The number of hydrogen-bond donors (Lipinski definition) is 2. The topological polar surface area (TPSA) is 65.1 Å². The van der Waals surface area contributed by atoms with Gasteiger partial charge in [0, 0.05) is 30.9 Å². The second-order valence-electron chi connectivity index (χ2n) is 5.30. The van der Waals surface area contributed by atoms with Crippen molar-refractivity contribution in [2.75, 3.05) is 32.1 Å². The summed E-state index contributed by atoms with van der Waals surface area (Å²) in [4.78, 5) is 4.35. The molecule has 5 nitrogen and oxygen atoms in total. The molecule has 1 atom stereocenters. The Morgan fingerprint density at radius 3 is 2.95 bits per heavy atom. The van der Waals surface area contributed by atoms with Crippen LogP contribution in [-0.4, -0.2) is 49.2 Å². The van der Waals surface area contributed by atoms with E-state index in [-0.39, 0.29) is 5.84 Å². The lowest BCUT2D eigenvalue weighted by Gasteiger charge is -2.28. The SMILES string of the molecule is CN(CC1CCCN1C)c1ccc(F)cc1C(N)=NO. The summed E-state index contributed by atoms with van der Waals surface area (Å²) >= 11 is 0. The van der Waals surface area contributed by atoms with Gasteiger partial charge in [-0.25, -0.2) is 4.39 Å². The molecule has 0 amide bonds. The number of nitrogens with zero attached hydrogens (tertiary/aromatic N) is 3. The molecule has 0 bridgehead atoms. The zero-order valence-electron chi connectivity index (χ0n) is 11.9. The number of hydrogen-bond acceptors (Lipinski definition) is 4. The van der Waals surface area contributed by atoms with E-state index in [0.717, 1.165) is 25.2 Å². The van der Waals surface area contributed by atoms with Crippen LogP contribution in [0, 0.1) is 5.82 Å². The van der Waals surface area contributed by atoms with Gasteiger partial charge in [-0.1, -0.05) is 5.16 Å². The molecule has 6 heteroatoms. The van der Waals surface area contributed by atoms with Crippen LogP contribution < -0.4 is 10.6 Å². The second-order valence-corrected chi connectivity index (χ2v) is 5.30. The van der Waals surface area contributed by atoms with E-state index in [0.29, 0.717) is 11.6 Å². The molecule has 1 aliphatic rings. The van der Waals surface area contributed by atoms with Crippen molar-refractivity contribution >= 4 is 11.5 Å². The minimum Gasteiger partial charge on any atom is -0.409 e. The molecule has 1 heterocycles. The van der Waals surface area contributed by atoms with Crippen LogP contribution in [0.2, 0.25) is 0 Å². The predicted molar refractivity (Wildman–Crippen MR) is 77.8 cm³/mol. The van der Waals surface area contributed by atoms with Gasteiger partial charge in [-0.05, 0) is 44.6 Å². The van der Waals surface area contributed by atoms with Crippen molar-refractivity contribution in [1.82, 2.24) is 4.90 Å². The van der Waals surface area contributed by atoms with Gasteiger partial charge < -0.3 is 20.7 Å². The Labute approximate surface area is 118 Å². The molecule has 3 N–H and O–H groups in total. The smallest absolute Gasteiger partial charge is 0.172 e. The van der Waals surface area contributed by atoms with Crippen molar-refractivity contribution < 1.29 is 9.60 Å². The molecule has 1 aliphatic heterocycles. The Kier molecular flexibility index (Phi) is 4.44. The Balaban J connectivity index is 2.22. The van der Waals surface area contributed by atoms with Gasteiger partial charge in [-0.3, -0.25) is 0 Å². The Hall–Kier alpha value is -1.82. The largest absolute Gasteiger partial charge is 0.409 e. The van der Waals surface area contributed by atoms with Crippen LogP contribution in [0.4, 0.5) is 10.1 Å². The number of likely N-dealkylation sites (tertiary alicyclic amines) is 1. The van der Waals surface area contributed by atoms with Gasteiger partial charge in [0.1, 0.15) is 5.82 Å². The summed E-state index contributed by atoms with van der Waals surface area (Å²) in [6, 6.07) is 4.82. The summed E-state index contributed by atoms with van der Waals surface area (Å²) in [5.41, 5.74) is 6.81. The van der Waals surface area contributed by atoms with Crippen LogP contribution in [0.3, 0.4) is 0 Å². The van der Waals surface area contributed by atoms with Crippen LogP contribution in [-0.2, 0) is 0 Å². The number of amidine groups is 1. The van der Waals surface area contributed by atoms with E-state index in [1.807, 2.05) is 11.9 Å². The molecule has 1 aromatic carbocycles. The molecule has 1 fully saturated rings. The maximum atomic E-state index is 13.4. The highest BCUT2D eigenvalue weighted by Gasteiger charge is 2.23. The molecular weight excluding hydrogens is 259 g/mol. The van der Waals surface area contributed by atoms with Crippen molar-refractivity contribution in [3.8, 4) is 0 Å². The molecule has 110 valence electrons. The van der Waals surface area contributed by atoms with Crippen molar-refractivity contribution in [2.45, 2.75) is 18.9 Å². The molecule has 0 aromatic heterocycles. The van der Waals surface area contributed by atoms with E-state index in [2.05, 4.69) is 17.1 Å². The first kappa shape index (κ1) is 14.6. The van der Waals surface area contributed by atoms with E-state index in [4.69, 9.17) is 10.9 Å². The van der Waals surface area contributed by atoms with Crippen molar-refractivity contribution in [1.29, 1.82) is 0 Å². The lowest BCUT2D eigenvalue weighted by Crippen LogP contribution is -2.37. The molecule has 0 aliphatic carbocycles. The number of rotatable bonds is 4. The van der Waals surface area contributed by atoms with Gasteiger partial charge in [0.2, 0.25) is 0 Å². The summed E-state index contributed by atoms with van der Waals surface area (Å²) < 4.78 is 13.4. The average molecular weight is 280 g/mol. The third-order valence-corrected chi connectivity index (χ3v) is 3.91. The summed E-state index contributed by atoms with van der Waals surface area (Å²) in [5.74, 6) is -0.479. The molecule has 0 spiro atoms. The van der Waals surface area contributed by atoms with E-state index < -0.39 is 5.82 Å². The minimum absolute atomic E-state index is 0.0777. The van der Waals surface area contributed by atoms with Crippen LogP contribution in [0.15, 0.2) is 23.4 Å². The molecule has 20 heavy (non-hydrogen) atoms. The van der Waals surface area contributed by atoms with Crippen LogP contribution in [0.1, 0.15) is 18.4 Å². The number of halogens is 1. The van der Waals surface area contributed by atoms with E-state index >= 15 is 0 Å². The lowest BCUT2D eigenvalue weighted by molar-refractivity contribution is 0.314. The zero-order valence-corrected chi connectivity index (χ0v) is 11.9. The number of anilines is 1. The summed E-state index contributed by atoms with van der Waals surface area (Å²) in [5, 5.41) is 11.8. The van der Waals surface area contributed by atoms with Gasteiger partial charge in [-0.15, -0.1) is 0 Å². The van der Waals surface area contributed by atoms with Crippen molar-refractivity contribution in [3.05, 3.63) is 29.6 Å². The third kappa shape index (κ3) is 3.01. The van der Waals surface area contributed by atoms with Gasteiger partial charge in [0.05, 0.1) is 0 Å². The highest BCUT2D eigenvalue weighted by Crippen LogP contribution is 2.23. The number of nitrogens with two attached hydrogens (primary N) is 1. The summed E-state index contributed by atoms with van der Waals surface area (Å²) in [6.07, 6.45) is 2.35. The third-order valence-electron chi connectivity index (χ3n) is 3.91. The first-order valence-electron chi connectivity index (χ1n) is 6.71. The average Bonchev–Trinajstić information content (AvgIpc) is 2.83. The van der Waals surface area contributed by atoms with Crippen molar-refractivity contribution in [3.63, 3.8) is 0 Å². The number of oxime groups is 1. The van der Waals surface area contributed by atoms with E-state index in [1.165, 1.54) is 18.6 Å². The summed E-state index contributed by atoms with van der Waals surface area (Å²) in [7, 11) is 4.05.